The van der Waals surface area contributed by atoms with Gasteiger partial charge in [0.1, 0.15) is 12.0 Å². The van der Waals surface area contributed by atoms with E-state index < -0.39 is 0 Å². The molecule has 20 heavy (non-hydrogen) atoms. The Morgan fingerprint density at radius 2 is 2.10 bits per heavy atom. The summed E-state index contributed by atoms with van der Waals surface area (Å²) in [6, 6.07) is 0. The van der Waals surface area contributed by atoms with Crippen molar-refractivity contribution in [2.45, 2.75) is 37.4 Å². The number of hydrogen-bond acceptors (Lipinski definition) is 4. The van der Waals surface area contributed by atoms with Crippen LogP contribution in [0.5, 0.6) is 0 Å². The molecule has 2 aliphatic rings. The smallest absolute Gasteiger partial charge is 0.257 e. The van der Waals surface area contributed by atoms with Crippen molar-refractivity contribution in [2.24, 2.45) is 0 Å². The lowest BCUT2D eigenvalue weighted by Crippen LogP contribution is -2.39. The number of piperidine rings is 1. The van der Waals surface area contributed by atoms with Gasteiger partial charge in [0.2, 0.25) is 0 Å². The van der Waals surface area contributed by atoms with Crippen LogP contribution in [0.3, 0.4) is 0 Å². The number of rotatable bonds is 2. The van der Waals surface area contributed by atoms with Crippen molar-refractivity contribution < 1.29 is 14.0 Å². The lowest BCUT2D eigenvalue weighted by molar-refractivity contribution is 0.0722. The van der Waals surface area contributed by atoms with Gasteiger partial charge in [-0.25, -0.2) is 0 Å². The number of fused-ring (bicyclic) bond motifs is 1. The maximum absolute atomic E-state index is 12.6. The zero-order valence-electron chi connectivity index (χ0n) is 11.7. The van der Waals surface area contributed by atoms with Gasteiger partial charge in [-0.1, -0.05) is 0 Å². The minimum atomic E-state index is -0.0372. The minimum absolute atomic E-state index is 0.0372. The molecule has 1 amide bonds. The topological polar surface area (TPSA) is 50.5 Å². The molecule has 1 saturated heterocycles. The van der Waals surface area contributed by atoms with E-state index in [9.17, 15) is 9.59 Å². The summed E-state index contributed by atoms with van der Waals surface area (Å²) in [7, 11) is 0. The molecule has 4 nitrogen and oxygen atoms in total. The van der Waals surface area contributed by atoms with Crippen molar-refractivity contribution in [3.8, 4) is 0 Å². The standard InChI is InChI=1S/C15H19NO3S/c1-20-10-5-7-16(8-6-10)15(18)11-9-19-13-4-2-3-12(17)14(11)13/h9-10H,2-8H2,1H3. The first-order chi connectivity index (χ1) is 9.70. The van der Waals surface area contributed by atoms with Gasteiger partial charge in [-0.2, -0.15) is 11.8 Å². The Morgan fingerprint density at radius 1 is 1.35 bits per heavy atom. The predicted octanol–water partition coefficient (Wildman–Crippen LogP) is 2.77. The van der Waals surface area contributed by atoms with E-state index in [1.54, 1.807) is 0 Å². The maximum Gasteiger partial charge on any atom is 0.257 e. The SMILES string of the molecule is CSC1CCN(C(=O)c2coc3c2C(=O)CCC3)CC1. The van der Waals surface area contributed by atoms with Crippen LogP contribution in [-0.2, 0) is 6.42 Å². The van der Waals surface area contributed by atoms with Gasteiger partial charge in [-0.05, 0) is 25.5 Å². The molecule has 2 heterocycles. The number of furan rings is 1. The molecule has 5 heteroatoms. The highest BCUT2D eigenvalue weighted by atomic mass is 32.2. The molecule has 0 aromatic carbocycles. The minimum Gasteiger partial charge on any atom is -0.468 e. The number of thioether (sulfide) groups is 1. The van der Waals surface area contributed by atoms with Gasteiger partial charge in [0.05, 0.1) is 11.1 Å². The summed E-state index contributed by atoms with van der Waals surface area (Å²) < 4.78 is 5.44. The lowest BCUT2D eigenvalue weighted by Gasteiger charge is -2.31. The van der Waals surface area contributed by atoms with Gasteiger partial charge in [-0.3, -0.25) is 9.59 Å². The summed E-state index contributed by atoms with van der Waals surface area (Å²) in [6.45, 7) is 1.55. The van der Waals surface area contributed by atoms with E-state index in [0.29, 0.717) is 28.6 Å². The van der Waals surface area contributed by atoms with Crippen molar-refractivity contribution in [3.05, 3.63) is 23.2 Å². The number of carbonyl (C=O) groups excluding carboxylic acids is 2. The molecule has 108 valence electrons. The second-order valence-corrected chi connectivity index (χ2v) is 6.59. The molecule has 1 aliphatic heterocycles. The number of aryl methyl sites for hydroxylation is 1. The van der Waals surface area contributed by atoms with E-state index in [1.165, 1.54) is 6.26 Å². The molecular formula is C15H19NO3S. The van der Waals surface area contributed by atoms with Crippen molar-refractivity contribution in [2.75, 3.05) is 19.3 Å². The number of nitrogens with zero attached hydrogens (tertiary/aromatic N) is 1. The van der Waals surface area contributed by atoms with E-state index in [-0.39, 0.29) is 11.7 Å². The Bertz CT molecular complexity index is 529. The van der Waals surface area contributed by atoms with Crippen LogP contribution in [0.4, 0.5) is 0 Å². The Kier molecular flexibility index (Phi) is 3.87. The Balaban J connectivity index is 1.78. The fourth-order valence-electron chi connectivity index (χ4n) is 3.04. The van der Waals surface area contributed by atoms with Crippen LogP contribution in [0.1, 0.15) is 52.2 Å². The number of ketones is 1. The van der Waals surface area contributed by atoms with Crippen molar-refractivity contribution >= 4 is 23.5 Å². The highest BCUT2D eigenvalue weighted by molar-refractivity contribution is 7.99. The molecule has 0 bridgehead atoms. The highest BCUT2D eigenvalue weighted by Crippen LogP contribution is 2.29. The van der Waals surface area contributed by atoms with Gasteiger partial charge in [0.15, 0.2) is 5.78 Å². The van der Waals surface area contributed by atoms with Crippen LogP contribution in [0.15, 0.2) is 10.7 Å². The van der Waals surface area contributed by atoms with E-state index in [0.717, 1.165) is 38.8 Å². The van der Waals surface area contributed by atoms with Gasteiger partial charge >= 0.3 is 0 Å². The van der Waals surface area contributed by atoms with E-state index in [4.69, 9.17) is 4.42 Å². The molecule has 1 fully saturated rings. The number of amides is 1. The van der Waals surface area contributed by atoms with Crippen molar-refractivity contribution in [1.29, 1.82) is 0 Å². The first-order valence-corrected chi connectivity index (χ1v) is 8.45. The summed E-state index contributed by atoms with van der Waals surface area (Å²) in [5.74, 6) is 0.718. The third kappa shape index (κ3) is 2.39. The van der Waals surface area contributed by atoms with E-state index >= 15 is 0 Å². The summed E-state index contributed by atoms with van der Waals surface area (Å²) in [5, 5.41) is 0.652. The van der Waals surface area contributed by atoms with Crippen molar-refractivity contribution in [3.63, 3.8) is 0 Å². The first-order valence-electron chi connectivity index (χ1n) is 7.16. The largest absolute Gasteiger partial charge is 0.468 e. The number of Topliss-reactive ketones (excluding diaryl/α,β-unsaturated/α-hetero) is 1. The molecular weight excluding hydrogens is 274 g/mol. The molecule has 0 saturated carbocycles. The maximum atomic E-state index is 12.6. The predicted molar refractivity (Wildman–Crippen MR) is 78.4 cm³/mol. The fraction of sp³-hybridized carbons (Fsp3) is 0.600. The summed E-state index contributed by atoms with van der Waals surface area (Å²) in [6.07, 6.45) is 7.78. The van der Waals surface area contributed by atoms with Crippen LogP contribution in [0, 0.1) is 0 Å². The molecule has 0 unspecified atom stereocenters. The molecule has 1 aromatic heterocycles. The van der Waals surface area contributed by atoms with Gasteiger partial charge < -0.3 is 9.32 Å². The number of hydrogen-bond donors (Lipinski definition) is 0. The monoisotopic (exact) mass is 293 g/mol. The zero-order chi connectivity index (χ0) is 14.1. The third-order valence-corrected chi connectivity index (χ3v) is 5.38. The normalized spacial score (nSPS) is 20.1. The second-order valence-electron chi connectivity index (χ2n) is 5.45. The van der Waals surface area contributed by atoms with Gasteiger partial charge in [0.25, 0.3) is 5.91 Å². The molecule has 0 atom stereocenters. The fourth-order valence-corrected chi connectivity index (χ4v) is 3.73. The second kappa shape index (κ2) is 5.64. The third-order valence-electron chi connectivity index (χ3n) is 4.25. The average Bonchev–Trinajstić information content (AvgIpc) is 2.92. The Morgan fingerprint density at radius 3 is 2.80 bits per heavy atom. The summed E-state index contributed by atoms with van der Waals surface area (Å²) >= 11 is 1.87. The van der Waals surface area contributed by atoms with E-state index in [2.05, 4.69) is 6.26 Å². The molecule has 1 aromatic rings. The molecule has 0 N–H and O–H groups in total. The highest BCUT2D eigenvalue weighted by Gasteiger charge is 2.31. The molecule has 3 rings (SSSR count). The van der Waals surface area contributed by atoms with Gasteiger partial charge in [0, 0.05) is 31.2 Å². The number of likely N-dealkylation sites (tertiary alicyclic amines) is 1. The molecule has 1 aliphatic carbocycles. The Labute approximate surface area is 122 Å². The quantitative estimate of drug-likeness (QED) is 0.841. The van der Waals surface area contributed by atoms with Crippen molar-refractivity contribution in [1.82, 2.24) is 4.90 Å². The Hall–Kier alpha value is -1.23. The van der Waals surface area contributed by atoms with Crippen LogP contribution in [-0.4, -0.2) is 41.2 Å². The number of carbonyl (C=O) groups is 2. The molecule has 0 spiro atoms. The van der Waals surface area contributed by atoms with Gasteiger partial charge in [-0.15, -0.1) is 0 Å². The van der Waals surface area contributed by atoms with E-state index in [1.807, 2.05) is 16.7 Å². The summed E-state index contributed by atoms with van der Waals surface area (Å²) in [5.41, 5.74) is 1.03. The van der Waals surface area contributed by atoms with Crippen LogP contribution < -0.4 is 0 Å². The zero-order valence-corrected chi connectivity index (χ0v) is 12.5. The average molecular weight is 293 g/mol. The molecule has 0 radical (unpaired) electrons. The summed E-state index contributed by atoms with van der Waals surface area (Å²) in [4.78, 5) is 26.5. The van der Waals surface area contributed by atoms with Crippen LogP contribution in [0.2, 0.25) is 0 Å². The van der Waals surface area contributed by atoms with Crippen LogP contribution >= 0.6 is 11.8 Å². The van der Waals surface area contributed by atoms with Crippen LogP contribution in [0.25, 0.3) is 0 Å². The first kappa shape index (κ1) is 13.7. The lowest BCUT2D eigenvalue weighted by atomic mass is 9.93.